The zero-order chi connectivity index (χ0) is 22.6. The highest BCUT2D eigenvalue weighted by molar-refractivity contribution is 5.88. The summed E-state index contributed by atoms with van der Waals surface area (Å²) in [6.45, 7) is 5.43. The number of ether oxygens (including phenoxy) is 1. The fourth-order valence-electron chi connectivity index (χ4n) is 4.58. The molecule has 2 aromatic heterocycles. The molecule has 0 aliphatic carbocycles. The van der Waals surface area contributed by atoms with Crippen LogP contribution in [0.1, 0.15) is 12.8 Å². The summed E-state index contributed by atoms with van der Waals surface area (Å²) in [5, 5.41) is 3.48. The average Bonchev–Trinajstić information content (AvgIpc) is 2.88. The van der Waals surface area contributed by atoms with Gasteiger partial charge in [-0.05, 0) is 37.0 Å². The summed E-state index contributed by atoms with van der Waals surface area (Å²) in [4.78, 5) is 29.5. The van der Waals surface area contributed by atoms with E-state index in [0.717, 1.165) is 68.0 Å². The van der Waals surface area contributed by atoms with Crippen LogP contribution < -0.4 is 16.0 Å². The first-order valence-electron chi connectivity index (χ1n) is 11.5. The lowest BCUT2D eigenvalue weighted by molar-refractivity contribution is 0.122. The third-order valence-electron chi connectivity index (χ3n) is 6.38. The molecular weight excluding hydrogens is 418 g/mol. The van der Waals surface area contributed by atoms with Crippen LogP contribution in [0.2, 0.25) is 0 Å². The zero-order valence-corrected chi connectivity index (χ0v) is 18.6. The SMILES string of the molecule is NC(=O)N1CCC[C@H](CNc2nc(-c3ccc(N4CCOCC4)cc3)cc3nccnc23)C1. The third kappa shape index (κ3) is 4.83. The Kier molecular flexibility index (Phi) is 6.21. The monoisotopic (exact) mass is 447 g/mol. The number of fused-ring (bicyclic) bond motifs is 1. The van der Waals surface area contributed by atoms with Gasteiger partial charge in [-0.15, -0.1) is 0 Å². The summed E-state index contributed by atoms with van der Waals surface area (Å²) < 4.78 is 5.46. The maximum atomic E-state index is 11.6. The molecule has 4 heterocycles. The lowest BCUT2D eigenvalue weighted by atomic mass is 9.98. The molecule has 1 atom stereocenters. The molecule has 2 fully saturated rings. The summed E-state index contributed by atoms with van der Waals surface area (Å²) >= 11 is 0. The zero-order valence-electron chi connectivity index (χ0n) is 18.6. The fourth-order valence-corrected chi connectivity index (χ4v) is 4.58. The van der Waals surface area contributed by atoms with Crippen molar-refractivity contribution in [1.82, 2.24) is 19.9 Å². The number of aromatic nitrogens is 3. The molecule has 172 valence electrons. The largest absolute Gasteiger partial charge is 0.378 e. The first kappa shape index (κ1) is 21.4. The van der Waals surface area contributed by atoms with Gasteiger partial charge in [0, 0.05) is 56.4 Å². The van der Waals surface area contributed by atoms with Gasteiger partial charge in [-0.2, -0.15) is 0 Å². The molecule has 0 bridgehead atoms. The van der Waals surface area contributed by atoms with E-state index in [0.29, 0.717) is 24.8 Å². The van der Waals surface area contributed by atoms with E-state index in [-0.39, 0.29) is 6.03 Å². The molecule has 0 saturated carbocycles. The minimum Gasteiger partial charge on any atom is -0.378 e. The number of hydrogen-bond donors (Lipinski definition) is 2. The molecule has 9 heteroatoms. The van der Waals surface area contributed by atoms with Crippen LogP contribution in [0.4, 0.5) is 16.3 Å². The van der Waals surface area contributed by atoms with Crippen molar-refractivity contribution in [3.8, 4) is 11.3 Å². The average molecular weight is 448 g/mol. The van der Waals surface area contributed by atoms with Gasteiger partial charge in [-0.25, -0.2) is 14.8 Å². The Bertz CT molecular complexity index is 1120. The molecule has 0 spiro atoms. The number of anilines is 2. The molecular formula is C24H29N7O2. The quantitative estimate of drug-likeness (QED) is 0.619. The number of carbonyl (C=O) groups is 1. The second kappa shape index (κ2) is 9.58. The standard InChI is InChI=1S/C24H29N7O2/c25-24(32)31-9-1-2-17(16-31)15-28-23-22-21(26-7-8-27-22)14-20(29-23)18-3-5-19(6-4-18)30-10-12-33-13-11-30/h3-8,14,17H,1-2,9-13,15-16H2,(H2,25,32)(H,28,29)/t17-/m1/s1. The first-order valence-corrected chi connectivity index (χ1v) is 11.5. The number of hydrogen-bond acceptors (Lipinski definition) is 7. The van der Waals surface area contributed by atoms with Gasteiger partial charge in [0.25, 0.3) is 0 Å². The predicted octanol–water partition coefficient (Wildman–Crippen LogP) is 2.73. The highest BCUT2D eigenvalue weighted by atomic mass is 16.5. The molecule has 2 saturated heterocycles. The minimum atomic E-state index is -0.350. The number of urea groups is 1. The number of nitrogens with one attached hydrogen (secondary N) is 1. The molecule has 0 radical (unpaired) electrons. The Hall–Kier alpha value is -3.46. The van der Waals surface area contributed by atoms with E-state index in [9.17, 15) is 4.79 Å². The predicted molar refractivity (Wildman–Crippen MR) is 128 cm³/mol. The van der Waals surface area contributed by atoms with E-state index >= 15 is 0 Å². The van der Waals surface area contributed by atoms with E-state index in [2.05, 4.69) is 44.5 Å². The summed E-state index contributed by atoms with van der Waals surface area (Å²) in [5.74, 6) is 1.03. The van der Waals surface area contributed by atoms with E-state index in [1.807, 2.05) is 6.07 Å². The van der Waals surface area contributed by atoms with E-state index < -0.39 is 0 Å². The summed E-state index contributed by atoms with van der Waals surface area (Å²) in [6, 6.07) is 10.1. The van der Waals surface area contributed by atoms with Crippen LogP contribution in [0.3, 0.4) is 0 Å². The number of nitrogens with zero attached hydrogens (tertiary/aromatic N) is 5. The summed E-state index contributed by atoms with van der Waals surface area (Å²) in [7, 11) is 0. The minimum absolute atomic E-state index is 0.316. The van der Waals surface area contributed by atoms with Crippen molar-refractivity contribution in [2.45, 2.75) is 12.8 Å². The molecule has 0 unspecified atom stereocenters. The van der Waals surface area contributed by atoms with Gasteiger partial charge in [-0.1, -0.05) is 12.1 Å². The van der Waals surface area contributed by atoms with Crippen molar-refractivity contribution in [3.63, 3.8) is 0 Å². The van der Waals surface area contributed by atoms with Crippen LogP contribution >= 0.6 is 0 Å². The smallest absolute Gasteiger partial charge is 0.314 e. The highest BCUT2D eigenvalue weighted by Crippen LogP contribution is 2.28. The Morgan fingerprint density at radius 2 is 1.91 bits per heavy atom. The van der Waals surface area contributed by atoms with Crippen molar-refractivity contribution in [2.24, 2.45) is 11.7 Å². The second-order valence-electron chi connectivity index (χ2n) is 8.60. The van der Waals surface area contributed by atoms with Gasteiger partial charge in [0.1, 0.15) is 5.52 Å². The maximum absolute atomic E-state index is 11.6. The van der Waals surface area contributed by atoms with Crippen LogP contribution in [-0.2, 0) is 4.74 Å². The van der Waals surface area contributed by atoms with Crippen LogP contribution in [-0.4, -0.2) is 71.8 Å². The summed E-state index contributed by atoms with van der Waals surface area (Å²) in [6.07, 6.45) is 5.38. The van der Waals surface area contributed by atoms with Gasteiger partial charge < -0.3 is 25.6 Å². The normalized spacial score (nSPS) is 19.0. The molecule has 33 heavy (non-hydrogen) atoms. The van der Waals surface area contributed by atoms with Crippen LogP contribution in [0.25, 0.3) is 22.3 Å². The number of primary amides is 1. The number of pyridine rings is 1. The van der Waals surface area contributed by atoms with Crippen LogP contribution in [0, 0.1) is 5.92 Å². The number of benzene rings is 1. The maximum Gasteiger partial charge on any atom is 0.314 e. The molecule has 9 nitrogen and oxygen atoms in total. The number of morpholine rings is 1. The fraction of sp³-hybridized carbons (Fsp3) is 0.417. The van der Waals surface area contributed by atoms with Crippen molar-refractivity contribution in [2.75, 3.05) is 56.2 Å². The molecule has 3 aromatic rings. The molecule has 1 aromatic carbocycles. The molecule has 2 aliphatic rings. The third-order valence-corrected chi connectivity index (χ3v) is 6.38. The lowest BCUT2D eigenvalue weighted by Gasteiger charge is -2.31. The number of piperidine rings is 1. The van der Waals surface area contributed by atoms with E-state index in [1.54, 1.807) is 17.3 Å². The molecule has 2 aliphatic heterocycles. The van der Waals surface area contributed by atoms with Gasteiger partial charge >= 0.3 is 6.03 Å². The molecule has 2 amide bonds. The Labute approximate surface area is 193 Å². The van der Waals surface area contributed by atoms with Crippen molar-refractivity contribution in [1.29, 1.82) is 0 Å². The van der Waals surface area contributed by atoms with Crippen molar-refractivity contribution >= 4 is 28.6 Å². The Morgan fingerprint density at radius 3 is 2.70 bits per heavy atom. The summed E-state index contributed by atoms with van der Waals surface area (Å²) in [5.41, 5.74) is 10.1. The lowest BCUT2D eigenvalue weighted by Crippen LogP contribution is -2.44. The number of rotatable bonds is 5. The van der Waals surface area contributed by atoms with E-state index in [4.69, 9.17) is 15.5 Å². The number of likely N-dealkylation sites (tertiary alicyclic amines) is 1. The van der Waals surface area contributed by atoms with Gasteiger partial charge in [-0.3, -0.25) is 4.98 Å². The Morgan fingerprint density at radius 1 is 1.12 bits per heavy atom. The van der Waals surface area contributed by atoms with Crippen molar-refractivity contribution in [3.05, 3.63) is 42.7 Å². The van der Waals surface area contributed by atoms with Gasteiger partial charge in [0.05, 0.1) is 24.4 Å². The Balaban J connectivity index is 1.37. The van der Waals surface area contributed by atoms with Gasteiger partial charge in [0.2, 0.25) is 0 Å². The molecule has 3 N–H and O–H groups in total. The number of nitrogens with two attached hydrogens (primary N) is 1. The van der Waals surface area contributed by atoms with Crippen LogP contribution in [0.5, 0.6) is 0 Å². The van der Waals surface area contributed by atoms with Gasteiger partial charge in [0.15, 0.2) is 5.82 Å². The molecule has 5 rings (SSSR count). The second-order valence-corrected chi connectivity index (χ2v) is 8.60. The van der Waals surface area contributed by atoms with E-state index in [1.165, 1.54) is 5.69 Å². The number of carbonyl (C=O) groups excluding carboxylic acids is 1. The number of amides is 2. The van der Waals surface area contributed by atoms with Crippen LogP contribution in [0.15, 0.2) is 42.7 Å². The topological polar surface area (TPSA) is 110 Å². The first-order chi connectivity index (χ1) is 16.2. The van der Waals surface area contributed by atoms with Crippen molar-refractivity contribution < 1.29 is 9.53 Å². The highest BCUT2D eigenvalue weighted by Gasteiger charge is 2.22.